The molecule has 0 radical (unpaired) electrons. The molecule has 5 rings (SSSR count). The lowest BCUT2D eigenvalue weighted by atomic mass is 9.88. The Morgan fingerprint density at radius 2 is 1.52 bits per heavy atom. The van der Waals surface area contributed by atoms with Gasteiger partial charge in [-0.3, -0.25) is 9.59 Å². The average Bonchev–Trinajstić information content (AvgIpc) is 3.37. The van der Waals surface area contributed by atoms with Crippen LogP contribution < -0.4 is 5.32 Å². The van der Waals surface area contributed by atoms with Gasteiger partial charge in [-0.05, 0) is 61.7 Å². The first-order valence-electron chi connectivity index (χ1n) is 14.0. The predicted octanol–water partition coefficient (Wildman–Crippen LogP) is 7.79. The summed E-state index contributed by atoms with van der Waals surface area (Å²) in [4.78, 5) is 30.3. The summed E-state index contributed by atoms with van der Waals surface area (Å²) in [6, 6.07) is 25.4. The Balaban J connectivity index is 1.31. The van der Waals surface area contributed by atoms with Gasteiger partial charge in [-0.1, -0.05) is 66.7 Å². The van der Waals surface area contributed by atoms with Gasteiger partial charge < -0.3 is 10.1 Å². The highest BCUT2D eigenvalue weighted by molar-refractivity contribution is 5.91. The average molecular weight is 601 g/mol. The maximum Gasteiger partial charge on any atom is 0.418 e. The Morgan fingerprint density at radius 1 is 0.864 bits per heavy atom. The summed E-state index contributed by atoms with van der Waals surface area (Å²) in [7, 11) is 0. The van der Waals surface area contributed by atoms with Crippen LogP contribution in [0.4, 0.5) is 24.8 Å². The number of pyridine rings is 1. The fourth-order valence-corrected chi connectivity index (χ4v) is 4.86. The number of fused-ring (bicyclic) bond motifs is 1. The maximum absolute atomic E-state index is 13.4. The number of nitrogens with zero attached hydrogens (tertiary/aromatic N) is 3. The van der Waals surface area contributed by atoms with Gasteiger partial charge in [0, 0.05) is 18.2 Å². The van der Waals surface area contributed by atoms with Crippen LogP contribution in [-0.2, 0) is 26.9 Å². The molecule has 2 heterocycles. The normalized spacial score (nSPS) is 12.6. The molecule has 0 bridgehead atoms. The molecule has 3 aromatic carbocycles. The number of hydrogen-bond acceptors (Lipinski definition) is 6. The second-order valence-corrected chi connectivity index (χ2v) is 11.4. The Bertz CT molecular complexity index is 1780. The molecule has 0 aliphatic heterocycles. The van der Waals surface area contributed by atoms with Gasteiger partial charge in [-0.25, -0.2) is 4.52 Å². The van der Waals surface area contributed by atoms with E-state index >= 15 is 0 Å². The lowest BCUT2D eigenvalue weighted by Gasteiger charge is -2.22. The molecule has 226 valence electrons. The van der Waals surface area contributed by atoms with Crippen LogP contribution in [-0.4, -0.2) is 32.0 Å². The van der Waals surface area contributed by atoms with Crippen LogP contribution in [0.1, 0.15) is 49.8 Å². The van der Waals surface area contributed by atoms with Crippen molar-refractivity contribution in [2.75, 3.05) is 5.32 Å². The van der Waals surface area contributed by atoms with Crippen LogP contribution in [0, 0.1) is 0 Å². The number of benzene rings is 3. The number of hydrogen-bond donors (Lipinski definition) is 1. The summed E-state index contributed by atoms with van der Waals surface area (Å²) in [5.41, 5.74) is 2.07. The van der Waals surface area contributed by atoms with Crippen LogP contribution in [0.2, 0.25) is 0 Å². The molecule has 5 aromatic rings. The maximum atomic E-state index is 13.4. The van der Waals surface area contributed by atoms with Gasteiger partial charge >= 0.3 is 12.1 Å². The number of rotatable bonds is 9. The van der Waals surface area contributed by atoms with E-state index in [2.05, 4.69) is 15.4 Å². The highest BCUT2D eigenvalue weighted by Gasteiger charge is 2.33. The van der Waals surface area contributed by atoms with Crippen molar-refractivity contribution in [3.05, 3.63) is 114 Å². The third-order valence-corrected chi connectivity index (χ3v) is 6.86. The minimum Gasteiger partial charge on any atom is -0.460 e. The molecule has 1 unspecified atom stereocenters. The first kappa shape index (κ1) is 30.5. The molecule has 0 saturated heterocycles. The van der Waals surface area contributed by atoms with Crippen molar-refractivity contribution in [2.24, 2.45) is 0 Å². The molecule has 0 saturated carbocycles. The zero-order valence-corrected chi connectivity index (χ0v) is 24.4. The van der Waals surface area contributed by atoms with Crippen molar-refractivity contribution >= 4 is 29.0 Å². The van der Waals surface area contributed by atoms with E-state index in [1.807, 2.05) is 60.7 Å². The Kier molecular flexibility index (Phi) is 8.53. The van der Waals surface area contributed by atoms with E-state index in [-0.39, 0.29) is 30.3 Å². The standard InChI is InChI=1S/C34H31F3N4O3/c1-33(2,3)44-31(43)20-26(24-9-5-4-6-10-24)29(42)19-22-13-15-23(16-14-22)25-17-18-30-39-32(40-41(30)21-25)38-28-12-8-7-11-27(28)34(35,36)37/h4-18,21,26H,19-20H2,1-3H3,(H,38,40). The summed E-state index contributed by atoms with van der Waals surface area (Å²) in [5, 5.41) is 6.99. The zero-order chi connectivity index (χ0) is 31.5. The van der Waals surface area contributed by atoms with E-state index < -0.39 is 29.2 Å². The number of nitrogens with one attached hydrogen (secondary N) is 1. The largest absolute Gasteiger partial charge is 0.460 e. The van der Waals surface area contributed by atoms with Crippen molar-refractivity contribution in [3.63, 3.8) is 0 Å². The molecule has 44 heavy (non-hydrogen) atoms. The van der Waals surface area contributed by atoms with Gasteiger partial charge in [-0.2, -0.15) is 18.2 Å². The topological polar surface area (TPSA) is 85.6 Å². The fraction of sp³-hybridized carbons (Fsp3) is 0.235. The van der Waals surface area contributed by atoms with Crippen molar-refractivity contribution < 1.29 is 27.5 Å². The molecule has 0 amide bonds. The number of alkyl halides is 3. The van der Waals surface area contributed by atoms with E-state index in [1.165, 1.54) is 22.7 Å². The number of carbonyl (C=O) groups is 2. The zero-order valence-electron chi connectivity index (χ0n) is 24.4. The predicted molar refractivity (Wildman–Crippen MR) is 162 cm³/mol. The van der Waals surface area contributed by atoms with Crippen molar-refractivity contribution in [2.45, 2.75) is 51.3 Å². The summed E-state index contributed by atoms with van der Waals surface area (Å²) in [6.07, 6.45) is -2.70. The van der Waals surface area contributed by atoms with Crippen molar-refractivity contribution in [1.82, 2.24) is 14.6 Å². The molecule has 10 heteroatoms. The Hall–Kier alpha value is -4.99. The second-order valence-electron chi connectivity index (χ2n) is 11.4. The highest BCUT2D eigenvalue weighted by atomic mass is 19.4. The fourth-order valence-electron chi connectivity index (χ4n) is 4.86. The SMILES string of the molecule is CC(C)(C)OC(=O)CC(C(=O)Cc1ccc(-c2ccc3nc(Nc4ccccc4C(F)(F)F)nn3c2)cc1)c1ccccc1. The molecular weight excluding hydrogens is 569 g/mol. The Labute approximate surface area is 252 Å². The van der Waals surface area contributed by atoms with Crippen molar-refractivity contribution in [3.8, 4) is 11.1 Å². The summed E-state index contributed by atoms with van der Waals surface area (Å²) < 4.78 is 47.2. The number of esters is 1. The lowest BCUT2D eigenvalue weighted by Crippen LogP contribution is -2.27. The molecule has 1 N–H and O–H groups in total. The molecule has 7 nitrogen and oxygen atoms in total. The monoisotopic (exact) mass is 600 g/mol. The van der Waals surface area contributed by atoms with E-state index in [0.29, 0.717) is 5.65 Å². The Morgan fingerprint density at radius 3 is 2.20 bits per heavy atom. The van der Waals surface area contributed by atoms with E-state index in [9.17, 15) is 22.8 Å². The summed E-state index contributed by atoms with van der Waals surface area (Å²) in [5.74, 6) is -1.12. The van der Waals surface area contributed by atoms with Gasteiger partial charge in [0.25, 0.3) is 0 Å². The van der Waals surface area contributed by atoms with Crippen LogP contribution in [0.5, 0.6) is 0 Å². The number of para-hydroxylation sites is 1. The van der Waals surface area contributed by atoms with E-state index in [4.69, 9.17) is 4.74 Å². The number of ketones is 1. The first-order valence-corrected chi connectivity index (χ1v) is 14.0. The minimum absolute atomic E-state index is 0.0343. The lowest BCUT2D eigenvalue weighted by molar-refractivity contribution is -0.156. The van der Waals surface area contributed by atoms with Gasteiger partial charge in [0.05, 0.1) is 23.6 Å². The van der Waals surface area contributed by atoms with Gasteiger partial charge in [0.1, 0.15) is 11.4 Å². The molecule has 2 aromatic heterocycles. The quantitative estimate of drug-likeness (QED) is 0.174. The smallest absolute Gasteiger partial charge is 0.418 e. The first-order chi connectivity index (χ1) is 20.9. The van der Waals surface area contributed by atoms with E-state index in [1.54, 1.807) is 33.0 Å². The van der Waals surface area contributed by atoms with Gasteiger partial charge in [0.2, 0.25) is 5.95 Å². The van der Waals surface area contributed by atoms with Gasteiger partial charge in [0.15, 0.2) is 5.65 Å². The molecule has 0 fully saturated rings. The van der Waals surface area contributed by atoms with Crippen LogP contribution in [0.25, 0.3) is 16.8 Å². The summed E-state index contributed by atoms with van der Waals surface area (Å²) in [6.45, 7) is 5.38. The second kappa shape index (κ2) is 12.3. The number of aromatic nitrogens is 3. The number of Topliss-reactive ketones (excluding diaryl/α,β-unsaturated/α-hetero) is 1. The minimum atomic E-state index is -4.52. The molecular formula is C34H31F3N4O3. The van der Waals surface area contributed by atoms with E-state index in [0.717, 1.165) is 28.3 Å². The highest BCUT2D eigenvalue weighted by Crippen LogP contribution is 2.35. The number of carbonyl (C=O) groups excluding carboxylic acids is 2. The van der Waals surface area contributed by atoms with Crippen LogP contribution in [0.15, 0.2) is 97.2 Å². The van der Waals surface area contributed by atoms with Crippen LogP contribution in [0.3, 0.4) is 0 Å². The third kappa shape index (κ3) is 7.50. The molecule has 1 atom stereocenters. The molecule has 0 aliphatic rings. The number of halogens is 3. The third-order valence-electron chi connectivity index (χ3n) is 6.86. The number of anilines is 2. The number of ether oxygens (including phenoxy) is 1. The summed E-state index contributed by atoms with van der Waals surface area (Å²) >= 11 is 0. The molecule has 0 aliphatic carbocycles. The van der Waals surface area contributed by atoms with Gasteiger partial charge in [-0.15, -0.1) is 5.10 Å². The molecule has 0 spiro atoms. The van der Waals surface area contributed by atoms with Crippen LogP contribution >= 0.6 is 0 Å². The van der Waals surface area contributed by atoms with Crippen molar-refractivity contribution in [1.29, 1.82) is 0 Å².